The molecule has 84 valence electrons. The van der Waals surface area contributed by atoms with Crippen molar-refractivity contribution in [3.63, 3.8) is 0 Å². The maximum Gasteiger partial charge on any atom is 0.320 e. The molecular weight excluding hydrogens is 178 g/mol. The first-order valence-corrected chi connectivity index (χ1v) is 5.13. The van der Waals surface area contributed by atoms with Crippen LogP contribution in [-0.2, 0) is 0 Å². The van der Waals surface area contributed by atoms with Crippen LogP contribution in [0.5, 0.6) is 0 Å². The molecule has 0 atom stereocenters. The van der Waals surface area contributed by atoms with Gasteiger partial charge in [0.05, 0.1) is 5.54 Å². The number of carbonyl (C=O) groups excluding carboxylic acids is 1. The fraction of sp³-hybridized carbons (Fsp3) is 0.900. The van der Waals surface area contributed by atoms with Crippen molar-refractivity contribution in [1.82, 2.24) is 9.80 Å². The molecule has 0 heterocycles. The molecular formula is C10H23N3O. The zero-order chi connectivity index (χ0) is 11.4. The van der Waals surface area contributed by atoms with Crippen LogP contribution in [0.25, 0.3) is 0 Å². The van der Waals surface area contributed by atoms with Crippen molar-refractivity contribution >= 4 is 6.03 Å². The summed E-state index contributed by atoms with van der Waals surface area (Å²) >= 11 is 0. The molecule has 0 bridgehead atoms. The third-order valence-electron chi connectivity index (χ3n) is 2.58. The van der Waals surface area contributed by atoms with Gasteiger partial charge in [-0.1, -0.05) is 0 Å². The van der Waals surface area contributed by atoms with E-state index in [-0.39, 0.29) is 11.6 Å². The third-order valence-corrected chi connectivity index (χ3v) is 2.58. The standard InChI is InChI=1S/C10H23N3O/c1-6-12(5)9(14)13(7-2)10(3,4)8-11/h6-8,11H2,1-5H3. The van der Waals surface area contributed by atoms with Gasteiger partial charge >= 0.3 is 6.03 Å². The number of hydrogen-bond donors (Lipinski definition) is 1. The molecule has 0 aliphatic heterocycles. The van der Waals surface area contributed by atoms with Crippen LogP contribution in [0.4, 0.5) is 4.79 Å². The highest BCUT2D eigenvalue weighted by Gasteiger charge is 2.29. The van der Waals surface area contributed by atoms with Crippen molar-refractivity contribution in [2.24, 2.45) is 5.73 Å². The lowest BCUT2D eigenvalue weighted by molar-refractivity contribution is 0.117. The van der Waals surface area contributed by atoms with Gasteiger partial charge in [-0.2, -0.15) is 0 Å². The number of nitrogens with zero attached hydrogens (tertiary/aromatic N) is 2. The summed E-state index contributed by atoms with van der Waals surface area (Å²) in [4.78, 5) is 15.4. The fourth-order valence-electron chi connectivity index (χ4n) is 1.27. The highest BCUT2D eigenvalue weighted by molar-refractivity contribution is 5.75. The molecule has 0 unspecified atom stereocenters. The molecule has 4 heteroatoms. The zero-order valence-corrected chi connectivity index (χ0v) is 10.0. The minimum absolute atomic E-state index is 0.0467. The third kappa shape index (κ3) is 2.87. The van der Waals surface area contributed by atoms with Crippen LogP contribution >= 0.6 is 0 Å². The normalized spacial score (nSPS) is 11.3. The van der Waals surface area contributed by atoms with Gasteiger partial charge in [-0.25, -0.2) is 4.79 Å². The summed E-state index contributed by atoms with van der Waals surface area (Å²) in [7, 11) is 1.80. The molecule has 2 N–H and O–H groups in total. The number of nitrogens with two attached hydrogens (primary N) is 1. The number of carbonyl (C=O) groups is 1. The van der Waals surface area contributed by atoms with Gasteiger partial charge in [-0.3, -0.25) is 0 Å². The molecule has 14 heavy (non-hydrogen) atoms. The molecule has 0 aliphatic carbocycles. The Labute approximate surface area is 87.0 Å². The Hall–Kier alpha value is -0.770. The molecule has 0 aromatic carbocycles. The molecule has 0 radical (unpaired) electrons. The quantitative estimate of drug-likeness (QED) is 0.741. The number of hydrogen-bond acceptors (Lipinski definition) is 2. The van der Waals surface area contributed by atoms with Gasteiger partial charge in [0.25, 0.3) is 0 Å². The van der Waals surface area contributed by atoms with Crippen molar-refractivity contribution < 1.29 is 4.79 Å². The van der Waals surface area contributed by atoms with Gasteiger partial charge in [0.15, 0.2) is 0 Å². The van der Waals surface area contributed by atoms with Gasteiger partial charge < -0.3 is 15.5 Å². The minimum atomic E-state index is -0.269. The largest absolute Gasteiger partial charge is 0.328 e. The van der Waals surface area contributed by atoms with Gasteiger partial charge in [-0.05, 0) is 27.7 Å². The van der Waals surface area contributed by atoms with Crippen LogP contribution in [0.1, 0.15) is 27.7 Å². The Morgan fingerprint density at radius 2 is 1.79 bits per heavy atom. The summed E-state index contributed by atoms with van der Waals surface area (Å²) < 4.78 is 0. The van der Waals surface area contributed by atoms with Gasteiger partial charge in [0.2, 0.25) is 0 Å². The van der Waals surface area contributed by atoms with E-state index in [0.29, 0.717) is 13.1 Å². The lowest BCUT2D eigenvalue weighted by atomic mass is 10.0. The van der Waals surface area contributed by atoms with E-state index in [1.54, 1.807) is 16.8 Å². The van der Waals surface area contributed by atoms with Crippen LogP contribution in [0.3, 0.4) is 0 Å². The Morgan fingerprint density at radius 3 is 2.07 bits per heavy atom. The molecule has 0 rings (SSSR count). The van der Waals surface area contributed by atoms with Gasteiger partial charge in [0.1, 0.15) is 0 Å². The lowest BCUT2D eigenvalue weighted by Crippen LogP contribution is -2.55. The van der Waals surface area contributed by atoms with Crippen LogP contribution in [0.15, 0.2) is 0 Å². The number of urea groups is 1. The number of rotatable bonds is 4. The SMILES string of the molecule is CCN(C)C(=O)N(CC)C(C)(C)CN. The number of amides is 2. The van der Waals surface area contributed by atoms with E-state index in [2.05, 4.69) is 0 Å². The van der Waals surface area contributed by atoms with E-state index in [1.165, 1.54) is 0 Å². The van der Waals surface area contributed by atoms with E-state index >= 15 is 0 Å². The van der Waals surface area contributed by atoms with E-state index in [1.807, 2.05) is 27.7 Å². The highest BCUT2D eigenvalue weighted by atomic mass is 16.2. The first-order chi connectivity index (χ1) is 6.40. The summed E-state index contributed by atoms with van der Waals surface area (Å²) in [5.74, 6) is 0. The Kier molecular flexibility index (Phi) is 4.91. The van der Waals surface area contributed by atoms with Gasteiger partial charge in [-0.15, -0.1) is 0 Å². The summed E-state index contributed by atoms with van der Waals surface area (Å²) in [6, 6.07) is 0.0467. The predicted molar refractivity (Wildman–Crippen MR) is 59.2 cm³/mol. The highest BCUT2D eigenvalue weighted by Crippen LogP contribution is 2.14. The Morgan fingerprint density at radius 1 is 1.29 bits per heavy atom. The van der Waals surface area contributed by atoms with Crippen molar-refractivity contribution in [3.8, 4) is 0 Å². The van der Waals surface area contributed by atoms with Crippen LogP contribution < -0.4 is 5.73 Å². The monoisotopic (exact) mass is 201 g/mol. The van der Waals surface area contributed by atoms with Crippen LogP contribution in [0, 0.1) is 0 Å². The number of likely N-dealkylation sites (N-methyl/N-ethyl adjacent to an activating group) is 1. The van der Waals surface area contributed by atoms with Crippen molar-refractivity contribution in [2.45, 2.75) is 33.2 Å². The molecule has 0 saturated heterocycles. The molecule has 2 amide bonds. The van der Waals surface area contributed by atoms with E-state index in [0.717, 1.165) is 6.54 Å². The maximum absolute atomic E-state index is 11.9. The Balaban J connectivity index is 4.64. The van der Waals surface area contributed by atoms with Gasteiger partial charge in [0, 0.05) is 26.7 Å². The zero-order valence-electron chi connectivity index (χ0n) is 10.0. The van der Waals surface area contributed by atoms with Crippen molar-refractivity contribution in [1.29, 1.82) is 0 Å². The molecule has 0 spiro atoms. The second kappa shape index (κ2) is 5.20. The average molecular weight is 201 g/mol. The van der Waals surface area contributed by atoms with Crippen molar-refractivity contribution in [3.05, 3.63) is 0 Å². The van der Waals surface area contributed by atoms with Crippen molar-refractivity contribution in [2.75, 3.05) is 26.7 Å². The van der Waals surface area contributed by atoms with Crippen LogP contribution in [-0.4, -0.2) is 48.1 Å². The fourth-order valence-corrected chi connectivity index (χ4v) is 1.27. The molecule has 0 aromatic heterocycles. The lowest BCUT2D eigenvalue weighted by Gasteiger charge is -2.39. The van der Waals surface area contributed by atoms with E-state index in [9.17, 15) is 4.79 Å². The van der Waals surface area contributed by atoms with Crippen LogP contribution in [0.2, 0.25) is 0 Å². The summed E-state index contributed by atoms with van der Waals surface area (Å²) in [5, 5.41) is 0. The molecule has 0 fully saturated rings. The molecule has 0 saturated carbocycles. The maximum atomic E-state index is 11.9. The first kappa shape index (κ1) is 13.2. The molecule has 0 aliphatic rings. The molecule has 0 aromatic rings. The average Bonchev–Trinajstić information content (AvgIpc) is 2.17. The second-order valence-electron chi connectivity index (χ2n) is 4.06. The minimum Gasteiger partial charge on any atom is -0.328 e. The topological polar surface area (TPSA) is 49.6 Å². The predicted octanol–water partition coefficient (Wildman–Crippen LogP) is 1.12. The van der Waals surface area contributed by atoms with E-state index in [4.69, 9.17) is 5.73 Å². The summed E-state index contributed by atoms with van der Waals surface area (Å²) in [5.41, 5.74) is 5.38. The smallest absolute Gasteiger partial charge is 0.320 e. The summed E-state index contributed by atoms with van der Waals surface area (Å²) in [6.07, 6.45) is 0. The second-order valence-corrected chi connectivity index (χ2v) is 4.06. The van der Waals surface area contributed by atoms with E-state index < -0.39 is 0 Å². The summed E-state index contributed by atoms with van der Waals surface area (Å²) in [6.45, 7) is 9.78. The first-order valence-electron chi connectivity index (χ1n) is 5.13. The molecule has 4 nitrogen and oxygen atoms in total. The Bertz CT molecular complexity index is 192.